The first-order chi connectivity index (χ1) is 9.33. The highest BCUT2D eigenvalue weighted by Crippen LogP contribution is 2.27. The molecule has 7 heteroatoms. The van der Waals surface area contributed by atoms with Gasteiger partial charge in [0.2, 0.25) is 10.0 Å². The number of anilines is 4. The monoisotopic (exact) mass is 311 g/mol. The molecule has 0 fully saturated rings. The molecule has 0 spiro atoms. The molecule has 20 heavy (non-hydrogen) atoms. The molecule has 0 radical (unpaired) electrons. The Bertz CT molecular complexity index is 732. The van der Waals surface area contributed by atoms with Crippen molar-refractivity contribution < 1.29 is 8.42 Å². The fourth-order valence-electron chi connectivity index (χ4n) is 1.67. The predicted octanol–water partition coefficient (Wildman–Crippen LogP) is 3.04. The standard InChI is InChI=1S/C13H14ClN3O2S/c1-20(18,19)17-11-4-2-3-10(8-11)16-13-7-9(14)5-6-12(13)15/h2-8,16-17H,15H2,1H3. The van der Waals surface area contributed by atoms with Crippen LogP contribution in [0.5, 0.6) is 0 Å². The zero-order valence-electron chi connectivity index (χ0n) is 10.7. The van der Waals surface area contributed by atoms with Crippen LogP contribution in [-0.2, 0) is 10.0 Å². The van der Waals surface area contributed by atoms with Crippen molar-refractivity contribution in [2.45, 2.75) is 0 Å². The molecule has 0 amide bonds. The fraction of sp³-hybridized carbons (Fsp3) is 0.0769. The molecule has 0 bridgehead atoms. The first-order valence-electron chi connectivity index (χ1n) is 5.73. The first-order valence-corrected chi connectivity index (χ1v) is 8.00. The average molecular weight is 312 g/mol. The van der Waals surface area contributed by atoms with Gasteiger partial charge in [-0.05, 0) is 36.4 Å². The van der Waals surface area contributed by atoms with Crippen LogP contribution < -0.4 is 15.8 Å². The third kappa shape index (κ3) is 4.04. The Morgan fingerprint density at radius 2 is 1.80 bits per heavy atom. The van der Waals surface area contributed by atoms with E-state index in [0.29, 0.717) is 27.8 Å². The molecule has 0 atom stereocenters. The Morgan fingerprint density at radius 3 is 2.50 bits per heavy atom. The number of nitrogens with one attached hydrogen (secondary N) is 2. The summed E-state index contributed by atoms with van der Waals surface area (Å²) >= 11 is 5.91. The Hall–Kier alpha value is -1.92. The van der Waals surface area contributed by atoms with E-state index in [4.69, 9.17) is 17.3 Å². The molecule has 0 unspecified atom stereocenters. The zero-order chi connectivity index (χ0) is 14.8. The maximum absolute atomic E-state index is 11.2. The van der Waals surface area contributed by atoms with Crippen molar-refractivity contribution >= 4 is 44.4 Å². The smallest absolute Gasteiger partial charge is 0.229 e. The molecular weight excluding hydrogens is 298 g/mol. The summed E-state index contributed by atoms with van der Waals surface area (Å²) in [6.07, 6.45) is 1.10. The molecule has 2 aromatic carbocycles. The number of halogens is 1. The summed E-state index contributed by atoms with van der Waals surface area (Å²) in [5.74, 6) is 0. The molecule has 2 rings (SSSR count). The maximum atomic E-state index is 11.2. The highest BCUT2D eigenvalue weighted by molar-refractivity contribution is 7.92. The minimum atomic E-state index is -3.31. The number of sulfonamides is 1. The van der Waals surface area contributed by atoms with Crippen LogP contribution in [0.4, 0.5) is 22.7 Å². The van der Waals surface area contributed by atoms with E-state index in [1.54, 1.807) is 42.5 Å². The molecule has 0 saturated heterocycles. The van der Waals surface area contributed by atoms with Gasteiger partial charge in [-0.25, -0.2) is 8.42 Å². The summed E-state index contributed by atoms with van der Waals surface area (Å²) in [6, 6.07) is 12.0. The summed E-state index contributed by atoms with van der Waals surface area (Å²) in [5, 5.41) is 3.66. The van der Waals surface area contributed by atoms with Crippen molar-refractivity contribution in [2.75, 3.05) is 22.0 Å². The second-order valence-electron chi connectivity index (χ2n) is 4.31. The number of benzene rings is 2. The Balaban J connectivity index is 2.26. The van der Waals surface area contributed by atoms with Gasteiger partial charge in [-0.2, -0.15) is 0 Å². The van der Waals surface area contributed by atoms with Gasteiger partial charge >= 0.3 is 0 Å². The molecule has 0 saturated carbocycles. The van der Waals surface area contributed by atoms with Crippen LogP contribution in [0.15, 0.2) is 42.5 Å². The lowest BCUT2D eigenvalue weighted by Gasteiger charge is -2.11. The normalized spacial score (nSPS) is 11.1. The summed E-state index contributed by atoms with van der Waals surface area (Å²) < 4.78 is 24.8. The van der Waals surface area contributed by atoms with Crippen molar-refractivity contribution in [1.82, 2.24) is 0 Å². The number of nitrogen functional groups attached to an aromatic ring is 1. The molecule has 4 N–H and O–H groups in total. The van der Waals surface area contributed by atoms with E-state index in [0.717, 1.165) is 6.26 Å². The van der Waals surface area contributed by atoms with Crippen molar-refractivity contribution in [3.63, 3.8) is 0 Å². The maximum Gasteiger partial charge on any atom is 0.229 e. The lowest BCUT2D eigenvalue weighted by atomic mass is 10.2. The number of rotatable bonds is 4. The molecular formula is C13H14ClN3O2S. The molecule has 5 nitrogen and oxygen atoms in total. The second kappa shape index (κ2) is 5.60. The van der Waals surface area contributed by atoms with E-state index in [9.17, 15) is 8.42 Å². The van der Waals surface area contributed by atoms with Crippen LogP contribution in [0, 0.1) is 0 Å². The van der Waals surface area contributed by atoms with Crippen molar-refractivity contribution in [3.05, 3.63) is 47.5 Å². The van der Waals surface area contributed by atoms with E-state index in [1.165, 1.54) is 0 Å². The molecule has 0 aliphatic carbocycles. The Kier molecular flexibility index (Phi) is 4.06. The summed E-state index contributed by atoms with van der Waals surface area (Å²) in [7, 11) is -3.31. The quantitative estimate of drug-likeness (QED) is 0.758. The van der Waals surface area contributed by atoms with Gasteiger partial charge in [0.05, 0.1) is 23.3 Å². The van der Waals surface area contributed by atoms with Crippen LogP contribution in [-0.4, -0.2) is 14.7 Å². The molecule has 0 heterocycles. The number of hydrogen-bond acceptors (Lipinski definition) is 4. The second-order valence-corrected chi connectivity index (χ2v) is 6.50. The van der Waals surface area contributed by atoms with Crippen molar-refractivity contribution in [3.8, 4) is 0 Å². The van der Waals surface area contributed by atoms with Crippen LogP contribution in [0.2, 0.25) is 5.02 Å². The van der Waals surface area contributed by atoms with Gasteiger partial charge in [0, 0.05) is 10.7 Å². The lowest BCUT2D eigenvalue weighted by Crippen LogP contribution is -2.09. The summed E-state index contributed by atoms with van der Waals surface area (Å²) in [5.41, 5.74) is 8.23. The van der Waals surface area contributed by atoms with E-state index in [-0.39, 0.29) is 0 Å². The van der Waals surface area contributed by atoms with Gasteiger partial charge in [0.15, 0.2) is 0 Å². The van der Waals surface area contributed by atoms with Crippen LogP contribution in [0.3, 0.4) is 0 Å². The molecule has 0 aliphatic rings. The summed E-state index contributed by atoms with van der Waals surface area (Å²) in [4.78, 5) is 0. The highest BCUT2D eigenvalue weighted by atomic mass is 35.5. The van der Waals surface area contributed by atoms with Crippen molar-refractivity contribution in [1.29, 1.82) is 0 Å². The highest BCUT2D eigenvalue weighted by Gasteiger charge is 2.04. The van der Waals surface area contributed by atoms with E-state index < -0.39 is 10.0 Å². The third-order valence-corrected chi connectivity index (χ3v) is 3.30. The fourth-order valence-corrected chi connectivity index (χ4v) is 2.39. The van der Waals surface area contributed by atoms with E-state index >= 15 is 0 Å². The average Bonchev–Trinajstić information content (AvgIpc) is 2.32. The van der Waals surface area contributed by atoms with E-state index in [1.807, 2.05) is 0 Å². The van der Waals surface area contributed by atoms with Gasteiger partial charge in [0.1, 0.15) is 0 Å². The van der Waals surface area contributed by atoms with E-state index in [2.05, 4.69) is 10.0 Å². The molecule has 106 valence electrons. The predicted molar refractivity (Wildman–Crippen MR) is 84.1 cm³/mol. The minimum absolute atomic E-state index is 0.470. The Morgan fingerprint density at radius 1 is 1.10 bits per heavy atom. The molecule has 0 aliphatic heterocycles. The van der Waals surface area contributed by atoms with Crippen LogP contribution in [0.1, 0.15) is 0 Å². The third-order valence-electron chi connectivity index (χ3n) is 2.46. The zero-order valence-corrected chi connectivity index (χ0v) is 12.3. The summed E-state index contributed by atoms with van der Waals surface area (Å²) in [6.45, 7) is 0. The number of nitrogens with two attached hydrogens (primary N) is 1. The van der Waals surface area contributed by atoms with Gasteiger partial charge in [-0.15, -0.1) is 0 Å². The topological polar surface area (TPSA) is 84.2 Å². The largest absolute Gasteiger partial charge is 0.397 e. The van der Waals surface area contributed by atoms with Crippen molar-refractivity contribution in [2.24, 2.45) is 0 Å². The van der Waals surface area contributed by atoms with Gasteiger partial charge in [-0.3, -0.25) is 4.72 Å². The van der Waals surface area contributed by atoms with Gasteiger partial charge < -0.3 is 11.1 Å². The van der Waals surface area contributed by atoms with Crippen LogP contribution in [0.25, 0.3) is 0 Å². The SMILES string of the molecule is CS(=O)(=O)Nc1cccc(Nc2cc(Cl)ccc2N)c1. The molecule has 2 aromatic rings. The lowest BCUT2D eigenvalue weighted by molar-refractivity contribution is 0.607. The minimum Gasteiger partial charge on any atom is -0.397 e. The number of hydrogen-bond donors (Lipinski definition) is 3. The molecule has 0 aromatic heterocycles. The van der Waals surface area contributed by atoms with Gasteiger partial charge in [-0.1, -0.05) is 17.7 Å². The Labute approximate surface area is 122 Å². The van der Waals surface area contributed by atoms with Gasteiger partial charge in [0.25, 0.3) is 0 Å². The van der Waals surface area contributed by atoms with Crippen LogP contribution >= 0.6 is 11.6 Å². The first kappa shape index (κ1) is 14.5.